The van der Waals surface area contributed by atoms with Crippen molar-refractivity contribution in [2.75, 3.05) is 0 Å². The number of para-hydroxylation sites is 1. The van der Waals surface area contributed by atoms with Gasteiger partial charge >= 0.3 is 0 Å². The molecular weight excluding hydrogens is 486 g/mol. The maximum atomic E-state index is 14.0. The minimum Gasteiger partial charge on any atom is -0.360 e. The second-order valence-electron chi connectivity index (χ2n) is 9.01. The quantitative estimate of drug-likeness (QED) is 0.114. The third-order valence-corrected chi connectivity index (χ3v) is 9.20. The average molecular weight is 512 g/mol. The SMILES string of the molecule is C=CCn1c(S[C@H](C(=O)c2c[nH]c3ccccc23)c2ccccc2)nc2sc3c(c2c1=O)CCCC3. The van der Waals surface area contributed by atoms with E-state index in [2.05, 4.69) is 11.6 Å². The van der Waals surface area contributed by atoms with Crippen molar-refractivity contribution in [3.05, 3.63) is 105 Å². The molecule has 7 heteroatoms. The summed E-state index contributed by atoms with van der Waals surface area (Å²) in [6, 6.07) is 17.5. The molecule has 0 bridgehead atoms. The fourth-order valence-electron chi connectivity index (χ4n) is 5.02. The number of nitrogens with one attached hydrogen (secondary N) is 1. The first kappa shape index (κ1) is 23.0. The number of H-pyrrole nitrogens is 1. The van der Waals surface area contributed by atoms with Crippen molar-refractivity contribution in [3.8, 4) is 0 Å². The highest BCUT2D eigenvalue weighted by Gasteiger charge is 2.29. The predicted molar refractivity (Wildman–Crippen MR) is 148 cm³/mol. The van der Waals surface area contributed by atoms with Gasteiger partial charge in [-0.2, -0.15) is 0 Å². The molecule has 0 unspecified atom stereocenters. The lowest BCUT2D eigenvalue weighted by atomic mass is 9.97. The summed E-state index contributed by atoms with van der Waals surface area (Å²) in [4.78, 5) is 38.0. The van der Waals surface area contributed by atoms with E-state index in [0.717, 1.165) is 52.4 Å². The monoisotopic (exact) mass is 511 g/mol. The second kappa shape index (κ2) is 9.56. The molecule has 1 aliphatic rings. The zero-order chi connectivity index (χ0) is 24.6. The Bertz CT molecular complexity index is 1660. The maximum Gasteiger partial charge on any atom is 0.263 e. The average Bonchev–Trinajstić information content (AvgIpc) is 3.51. The number of carbonyl (C=O) groups is 1. The Morgan fingerprint density at radius 2 is 1.92 bits per heavy atom. The molecule has 1 aliphatic carbocycles. The molecule has 0 spiro atoms. The number of Topliss-reactive ketones (excluding diaryl/α,β-unsaturated/α-hetero) is 1. The Labute approximate surface area is 216 Å². The van der Waals surface area contributed by atoms with E-state index in [9.17, 15) is 9.59 Å². The smallest absolute Gasteiger partial charge is 0.263 e. The first-order valence-corrected chi connectivity index (χ1v) is 13.8. The number of ketones is 1. The number of benzene rings is 2. The van der Waals surface area contributed by atoms with Crippen LogP contribution in [0.25, 0.3) is 21.1 Å². The van der Waals surface area contributed by atoms with Gasteiger partial charge in [0.25, 0.3) is 5.56 Å². The third kappa shape index (κ3) is 3.92. The Kier molecular flexibility index (Phi) is 6.11. The molecule has 1 N–H and O–H groups in total. The first-order valence-electron chi connectivity index (χ1n) is 12.1. The van der Waals surface area contributed by atoms with Crippen LogP contribution < -0.4 is 5.56 Å². The fourth-order valence-corrected chi connectivity index (χ4v) is 7.50. The number of aryl methyl sites for hydroxylation is 2. The van der Waals surface area contributed by atoms with Crippen LogP contribution in [0.5, 0.6) is 0 Å². The summed E-state index contributed by atoms with van der Waals surface area (Å²) in [7, 11) is 0. The van der Waals surface area contributed by atoms with E-state index in [1.165, 1.54) is 22.2 Å². The van der Waals surface area contributed by atoms with Crippen LogP contribution in [0.2, 0.25) is 0 Å². The fraction of sp³-hybridized carbons (Fsp3) is 0.207. The highest BCUT2D eigenvalue weighted by molar-refractivity contribution is 8.00. The number of nitrogens with zero attached hydrogens (tertiary/aromatic N) is 2. The summed E-state index contributed by atoms with van der Waals surface area (Å²) in [5.74, 6) is -0.0198. The maximum absolute atomic E-state index is 14.0. The molecule has 0 saturated heterocycles. The van der Waals surface area contributed by atoms with Gasteiger partial charge in [-0.15, -0.1) is 17.9 Å². The largest absolute Gasteiger partial charge is 0.360 e. The van der Waals surface area contributed by atoms with Crippen molar-refractivity contribution in [2.45, 2.75) is 42.6 Å². The van der Waals surface area contributed by atoms with Gasteiger partial charge in [-0.1, -0.05) is 66.4 Å². The number of rotatable bonds is 7. The van der Waals surface area contributed by atoms with Crippen LogP contribution >= 0.6 is 23.1 Å². The number of allylic oxidation sites excluding steroid dienone is 1. The normalized spacial score (nSPS) is 14.1. The molecule has 0 amide bonds. The van der Waals surface area contributed by atoms with Crippen molar-refractivity contribution in [3.63, 3.8) is 0 Å². The van der Waals surface area contributed by atoms with Gasteiger partial charge < -0.3 is 4.98 Å². The molecular formula is C29H25N3O2S2. The van der Waals surface area contributed by atoms with E-state index in [0.29, 0.717) is 17.3 Å². The zero-order valence-corrected chi connectivity index (χ0v) is 21.3. The number of thioether (sulfide) groups is 1. The lowest BCUT2D eigenvalue weighted by molar-refractivity contribution is 0.0991. The van der Waals surface area contributed by atoms with Crippen LogP contribution in [0, 0.1) is 0 Å². The van der Waals surface area contributed by atoms with Gasteiger partial charge in [0.15, 0.2) is 10.9 Å². The van der Waals surface area contributed by atoms with Crippen molar-refractivity contribution in [2.24, 2.45) is 0 Å². The van der Waals surface area contributed by atoms with E-state index in [-0.39, 0.29) is 11.3 Å². The molecule has 0 saturated carbocycles. The number of hydrogen-bond acceptors (Lipinski definition) is 5. The minimum atomic E-state index is -0.555. The van der Waals surface area contributed by atoms with Crippen molar-refractivity contribution >= 4 is 50.0 Å². The first-order chi connectivity index (χ1) is 17.7. The minimum absolute atomic E-state index is 0.0198. The number of thiophene rings is 1. The molecule has 0 aliphatic heterocycles. The molecule has 2 aromatic carbocycles. The number of hydrogen-bond donors (Lipinski definition) is 1. The molecule has 3 heterocycles. The van der Waals surface area contributed by atoms with Crippen LogP contribution in [0.3, 0.4) is 0 Å². The summed E-state index contributed by atoms with van der Waals surface area (Å²) < 4.78 is 1.68. The topological polar surface area (TPSA) is 67.8 Å². The Morgan fingerprint density at radius 1 is 1.14 bits per heavy atom. The van der Waals surface area contributed by atoms with Gasteiger partial charge in [0.05, 0.1) is 5.39 Å². The molecule has 0 fully saturated rings. The molecule has 180 valence electrons. The predicted octanol–water partition coefficient (Wildman–Crippen LogP) is 6.72. The molecule has 5 aromatic rings. The van der Waals surface area contributed by atoms with Gasteiger partial charge in [0, 0.05) is 34.1 Å². The second-order valence-corrected chi connectivity index (χ2v) is 11.2. The molecule has 5 nitrogen and oxygen atoms in total. The number of aromatic amines is 1. The molecule has 36 heavy (non-hydrogen) atoms. The number of fused-ring (bicyclic) bond motifs is 4. The highest BCUT2D eigenvalue weighted by Crippen LogP contribution is 2.40. The van der Waals surface area contributed by atoms with Crippen LogP contribution in [0.15, 0.2) is 83.4 Å². The number of carbonyl (C=O) groups excluding carboxylic acids is 1. The van der Waals surface area contributed by atoms with Crippen molar-refractivity contribution in [1.82, 2.24) is 14.5 Å². The summed E-state index contributed by atoms with van der Waals surface area (Å²) >= 11 is 2.98. The van der Waals surface area contributed by atoms with E-state index in [1.54, 1.807) is 28.2 Å². The lowest BCUT2D eigenvalue weighted by Crippen LogP contribution is -2.24. The van der Waals surface area contributed by atoms with Gasteiger partial charge in [0.1, 0.15) is 10.1 Å². The number of aromatic nitrogens is 3. The molecule has 6 rings (SSSR count). The highest BCUT2D eigenvalue weighted by atomic mass is 32.2. The van der Waals surface area contributed by atoms with Gasteiger partial charge in [-0.3, -0.25) is 14.2 Å². The lowest BCUT2D eigenvalue weighted by Gasteiger charge is -2.18. The molecule has 0 radical (unpaired) electrons. The van der Waals surface area contributed by atoms with Gasteiger partial charge in [-0.25, -0.2) is 4.98 Å². The molecule has 3 aromatic heterocycles. The van der Waals surface area contributed by atoms with Crippen molar-refractivity contribution < 1.29 is 4.79 Å². The van der Waals surface area contributed by atoms with Crippen LogP contribution in [0.1, 0.15) is 44.5 Å². The summed E-state index contributed by atoms with van der Waals surface area (Å²) in [5.41, 5.74) is 3.57. The van der Waals surface area contributed by atoms with E-state index < -0.39 is 5.25 Å². The van der Waals surface area contributed by atoms with E-state index in [1.807, 2.05) is 54.6 Å². The van der Waals surface area contributed by atoms with Gasteiger partial charge in [-0.05, 0) is 42.9 Å². The Balaban J connectivity index is 1.50. The third-order valence-electron chi connectivity index (χ3n) is 6.77. The Hall–Kier alpha value is -3.42. The summed E-state index contributed by atoms with van der Waals surface area (Å²) in [5, 5.41) is 1.63. The van der Waals surface area contributed by atoms with E-state index >= 15 is 0 Å². The summed E-state index contributed by atoms with van der Waals surface area (Å²) in [6.07, 6.45) is 7.69. The molecule has 1 atom stereocenters. The van der Waals surface area contributed by atoms with E-state index in [4.69, 9.17) is 4.98 Å². The van der Waals surface area contributed by atoms with Gasteiger partial charge in [0.2, 0.25) is 0 Å². The van der Waals surface area contributed by atoms with Crippen LogP contribution in [-0.2, 0) is 19.4 Å². The Morgan fingerprint density at radius 3 is 2.75 bits per heavy atom. The van der Waals surface area contributed by atoms with Crippen molar-refractivity contribution in [1.29, 1.82) is 0 Å². The standard InChI is InChI=1S/C29H25N3O2S2/c1-2-16-32-28(34)24-20-13-7-9-15-23(20)35-27(24)31-29(32)36-26(18-10-4-3-5-11-18)25(33)21-17-30-22-14-8-6-12-19(21)22/h2-6,8,10-12,14,17,26,30H,1,7,9,13,15-16H2/t26-/m0/s1. The van der Waals surface area contributed by atoms with Crippen LogP contribution in [-0.4, -0.2) is 20.3 Å². The summed E-state index contributed by atoms with van der Waals surface area (Å²) in [6.45, 7) is 4.22. The van der Waals surface area contributed by atoms with Crippen LogP contribution in [0.4, 0.5) is 0 Å². The zero-order valence-electron chi connectivity index (χ0n) is 19.7.